The first-order chi connectivity index (χ1) is 9.65. The first-order valence-corrected chi connectivity index (χ1v) is 6.71. The van der Waals surface area contributed by atoms with Crippen molar-refractivity contribution >= 4 is 27.4 Å². The Morgan fingerprint density at radius 1 is 1.45 bits per heavy atom. The lowest BCUT2D eigenvalue weighted by molar-refractivity contribution is 0.863. The number of fused-ring (bicyclic) bond motifs is 1. The van der Waals surface area contributed by atoms with Gasteiger partial charge in [-0.25, -0.2) is 9.50 Å². The number of anilines is 1. The maximum Gasteiger partial charge on any atom is 0.268 e. The Bertz CT molecular complexity index is 807. The van der Waals surface area contributed by atoms with Crippen molar-refractivity contribution in [1.82, 2.24) is 24.8 Å². The van der Waals surface area contributed by atoms with E-state index < -0.39 is 0 Å². The van der Waals surface area contributed by atoms with Crippen molar-refractivity contribution in [3.63, 3.8) is 0 Å². The van der Waals surface area contributed by atoms with Crippen molar-refractivity contribution in [2.24, 2.45) is 0 Å². The fourth-order valence-electron chi connectivity index (χ4n) is 1.93. The molecule has 0 fully saturated rings. The molecule has 0 amide bonds. The Morgan fingerprint density at radius 3 is 3.05 bits per heavy atom. The number of nitrogens with zero attached hydrogens (tertiary/aromatic N) is 4. The topological polar surface area (TPSA) is 88.0 Å². The maximum absolute atomic E-state index is 12.0. The van der Waals surface area contributed by atoms with E-state index in [4.69, 9.17) is 0 Å². The second-order valence-corrected chi connectivity index (χ2v) is 5.20. The molecule has 0 aliphatic heterocycles. The van der Waals surface area contributed by atoms with E-state index in [1.807, 2.05) is 19.1 Å². The number of aromatic nitrogens is 5. The summed E-state index contributed by atoms with van der Waals surface area (Å²) >= 11 is 3.32. The average Bonchev–Trinajstić information content (AvgIpc) is 2.89. The fourth-order valence-corrected chi connectivity index (χ4v) is 2.16. The van der Waals surface area contributed by atoms with Crippen molar-refractivity contribution in [2.45, 2.75) is 13.5 Å². The van der Waals surface area contributed by atoms with E-state index in [1.165, 1.54) is 10.8 Å². The van der Waals surface area contributed by atoms with Gasteiger partial charge in [-0.05, 0) is 35.0 Å². The van der Waals surface area contributed by atoms with Crippen molar-refractivity contribution < 1.29 is 0 Å². The van der Waals surface area contributed by atoms with Crippen molar-refractivity contribution in [3.8, 4) is 0 Å². The van der Waals surface area contributed by atoms with Crippen LogP contribution in [0.15, 0.2) is 33.9 Å². The average molecular weight is 335 g/mol. The highest BCUT2D eigenvalue weighted by Gasteiger charge is 2.10. The largest absolute Gasteiger partial charge is 0.366 e. The first-order valence-electron chi connectivity index (χ1n) is 5.92. The number of aromatic amines is 1. The van der Waals surface area contributed by atoms with Crippen LogP contribution in [0.25, 0.3) is 5.65 Å². The number of pyridine rings is 1. The molecule has 3 rings (SSSR count). The Morgan fingerprint density at radius 2 is 2.30 bits per heavy atom. The number of aryl methyl sites for hydroxylation is 1. The van der Waals surface area contributed by atoms with Crippen molar-refractivity contribution in [3.05, 3.63) is 50.6 Å². The zero-order valence-electron chi connectivity index (χ0n) is 10.6. The van der Waals surface area contributed by atoms with E-state index in [-0.39, 0.29) is 5.56 Å². The van der Waals surface area contributed by atoms with Crippen LogP contribution in [-0.4, -0.2) is 24.8 Å². The van der Waals surface area contributed by atoms with Crippen molar-refractivity contribution in [2.75, 3.05) is 5.32 Å². The minimum absolute atomic E-state index is 0.167. The van der Waals surface area contributed by atoms with Gasteiger partial charge in [0, 0.05) is 28.3 Å². The second-order valence-electron chi connectivity index (χ2n) is 4.28. The monoisotopic (exact) mass is 334 g/mol. The second kappa shape index (κ2) is 5.04. The first kappa shape index (κ1) is 12.8. The molecule has 7 nitrogen and oxygen atoms in total. The van der Waals surface area contributed by atoms with E-state index in [0.29, 0.717) is 23.6 Å². The SMILES string of the molecule is Cc1c(CNc2ccc(Br)cn2)c(=O)[nH]n2cnnc12. The van der Waals surface area contributed by atoms with E-state index in [1.54, 1.807) is 6.20 Å². The molecule has 0 spiro atoms. The van der Waals surface area contributed by atoms with Gasteiger partial charge < -0.3 is 5.32 Å². The minimum atomic E-state index is -0.167. The van der Waals surface area contributed by atoms with Gasteiger partial charge in [-0.1, -0.05) is 0 Å². The van der Waals surface area contributed by atoms with Gasteiger partial charge >= 0.3 is 0 Å². The lowest BCUT2D eigenvalue weighted by atomic mass is 10.2. The molecule has 0 saturated carbocycles. The number of hydrogen-bond acceptors (Lipinski definition) is 5. The number of halogens is 1. The normalized spacial score (nSPS) is 10.9. The molecule has 0 bridgehead atoms. The smallest absolute Gasteiger partial charge is 0.268 e. The Kier molecular flexibility index (Phi) is 3.23. The van der Waals surface area contributed by atoms with Gasteiger partial charge in [-0.3, -0.25) is 9.89 Å². The summed E-state index contributed by atoms with van der Waals surface area (Å²) in [5, 5.41) is 13.6. The zero-order valence-corrected chi connectivity index (χ0v) is 12.2. The van der Waals surface area contributed by atoms with Gasteiger partial charge in [-0.15, -0.1) is 10.2 Å². The number of rotatable bonds is 3. The molecular formula is C12H11BrN6O. The van der Waals surface area contributed by atoms with Crippen LogP contribution in [0.1, 0.15) is 11.1 Å². The van der Waals surface area contributed by atoms with Crippen molar-refractivity contribution in [1.29, 1.82) is 0 Å². The Hall–Kier alpha value is -2.22. The predicted molar refractivity (Wildman–Crippen MR) is 77.6 cm³/mol. The molecule has 0 saturated heterocycles. The summed E-state index contributed by atoms with van der Waals surface area (Å²) in [6.07, 6.45) is 3.17. The van der Waals surface area contributed by atoms with Crippen LogP contribution in [0.4, 0.5) is 5.82 Å². The van der Waals surface area contributed by atoms with Crippen LogP contribution in [0, 0.1) is 6.92 Å². The molecule has 0 radical (unpaired) electrons. The van der Waals surface area contributed by atoms with Crippen LogP contribution in [0.3, 0.4) is 0 Å². The third-order valence-electron chi connectivity index (χ3n) is 3.01. The Labute approximate surface area is 122 Å². The fraction of sp³-hybridized carbons (Fsp3) is 0.167. The van der Waals surface area contributed by atoms with Crippen LogP contribution in [0.2, 0.25) is 0 Å². The number of nitrogens with one attached hydrogen (secondary N) is 2. The van der Waals surface area contributed by atoms with Crippen LogP contribution in [0.5, 0.6) is 0 Å². The summed E-state index contributed by atoms with van der Waals surface area (Å²) in [5.41, 5.74) is 1.90. The molecule has 20 heavy (non-hydrogen) atoms. The summed E-state index contributed by atoms with van der Waals surface area (Å²) in [7, 11) is 0. The highest BCUT2D eigenvalue weighted by atomic mass is 79.9. The highest BCUT2D eigenvalue weighted by molar-refractivity contribution is 9.10. The van der Waals surface area contributed by atoms with E-state index in [0.717, 1.165) is 10.0 Å². The summed E-state index contributed by atoms with van der Waals surface area (Å²) in [5.74, 6) is 0.702. The van der Waals surface area contributed by atoms with Gasteiger partial charge in [0.2, 0.25) is 0 Å². The molecule has 8 heteroatoms. The third-order valence-corrected chi connectivity index (χ3v) is 3.47. The van der Waals surface area contributed by atoms with Gasteiger partial charge in [-0.2, -0.15) is 0 Å². The lowest BCUT2D eigenvalue weighted by Crippen LogP contribution is -2.21. The molecule has 0 aliphatic rings. The molecule has 0 atom stereocenters. The third kappa shape index (κ3) is 2.29. The summed E-state index contributed by atoms with van der Waals surface area (Å²) < 4.78 is 2.42. The standard InChI is InChI=1S/C12H11BrN6O/c1-7-9(5-15-10-3-2-8(13)4-14-10)12(20)18-19-6-16-17-11(7)19/h2-4,6H,5H2,1H3,(H,14,15)(H,18,20). The van der Waals surface area contributed by atoms with Gasteiger partial charge in [0.15, 0.2) is 5.65 Å². The van der Waals surface area contributed by atoms with Crippen LogP contribution in [-0.2, 0) is 6.54 Å². The van der Waals surface area contributed by atoms with Gasteiger partial charge in [0.25, 0.3) is 5.56 Å². The van der Waals surface area contributed by atoms with Gasteiger partial charge in [0.05, 0.1) is 0 Å². The number of H-pyrrole nitrogens is 1. The predicted octanol–water partition coefficient (Wildman–Crippen LogP) is 1.50. The molecule has 0 aromatic carbocycles. The quantitative estimate of drug-likeness (QED) is 0.757. The van der Waals surface area contributed by atoms with E-state index in [9.17, 15) is 4.79 Å². The molecule has 0 unspecified atom stereocenters. The highest BCUT2D eigenvalue weighted by Crippen LogP contribution is 2.13. The summed E-state index contributed by atoms with van der Waals surface area (Å²) in [6, 6.07) is 3.72. The molecular weight excluding hydrogens is 324 g/mol. The summed E-state index contributed by atoms with van der Waals surface area (Å²) in [4.78, 5) is 16.2. The number of hydrogen-bond donors (Lipinski definition) is 2. The molecule has 2 N–H and O–H groups in total. The Balaban J connectivity index is 1.90. The maximum atomic E-state index is 12.0. The van der Waals surface area contributed by atoms with Crippen LogP contribution < -0.4 is 10.9 Å². The van der Waals surface area contributed by atoms with E-state index >= 15 is 0 Å². The van der Waals surface area contributed by atoms with Crippen LogP contribution >= 0.6 is 15.9 Å². The van der Waals surface area contributed by atoms with E-state index in [2.05, 4.69) is 41.5 Å². The van der Waals surface area contributed by atoms with Gasteiger partial charge in [0.1, 0.15) is 12.1 Å². The lowest BCUT2D eigenvalue weighted by Gasteiger charge is -2.08. The summed E-state index contributed by atoms with van der Waals surface area (Å²) in [6.45, 7) is 2.23. The molecule has 3 heterocycles. The molecule has 3 aromatic heterocycles. The zero-order chi connectivity index (χ0) is 14.1. The molecule has 102 valence electrons. The molecule has 0 aliphatic carbocycles. The minimum Gasteiger partial charge on any atom is -0.366 e. The molecule has 3 aromatic rings.